The van der Waals surface area contributed by atoms with Crippen molar-refractivity contribution in [3.05, 3.63) is 118 Å². The first-order valence-corrected chi connectivity index (χ1v) is 10.8. The third-order valence-electron chi connectivity index (χ3n) is 6.97. The van der Waals surface area contributed by atoms with E-state index in [1.165, 1.54) is 29.2 Å². The normalized spacial score (nSPS) is 26.3. The summed E-state index contributed by atoms with van der Waals surface area (Å²) in [6.07, 6.45) is 4.10. The number of allylic oxidation sites excluding steroid dienone is 2. The number of carbonyl (C=O) groups is 2. The van der Waals surface area contributed by atoms with Crippen molar-refractivity contribution in [1.82, 2.24) is 0 Å². The highest BCUT2D eigenvalue weighted by Gasteiger charge is 2.63. The Morgan fingerprint density at radius 1 is 0.818 bits per heavy atom. The molecule has 1 saturated heterocycles. The minimum Gasteiger partial charge on any atom is -0.274 e. The number of imide groups is 1. The lowest BCUT2D eigenvalue weighted by molar-refractivity contribution is -0.384. The van der Waals surface area contributed by atoms with Crippen molar-refractivity contribution < 1.29 is 14.5 Å². The molecule has 3 aromatic rings. The molecule has 0 bridgehead atoms. The molecular formula is C27H22N2O4. The Morgan fingerprint density at radius 2 is 1.39 bits per heavy atom. The fourth-order valence-electron chi connectivity index (χ4n) is 5.33. The second-order valence-corrected chi connectivity index (χ2v) is 8.72. The quantitative estimate of drug-likeness (QED) is 0.242. The highest BCUT2D eigenvalue weighted by Crippen LogP contribution is 2.57. The molecule has 6 nitrogen and oxygen atoms in total. The lowest BCUT2D eigenvalue weighted by Crippen LogP contribution is -2.42. The maximum Gasteiger partial charge on any atom is 0.269 e. The van der Waals surface area contributed by atoms with Crippen LogP contribution in [0.25, 0.3) is 0 Å². The molecule has 164 valence electrons. The maximum absolute atomic E-state index is 14.0. The van der Waals surface area contributed by atoms with Crippen LogP contribution in [0.5, 0.6) is 0 Å². The van der Waals surface area contributed by atoms with Crippen LogP contribution in [0.4, 0.5) is 11.4 Å². The van der Waals surface area contributed by atoms with Crippen molar-refractivity contribution in [3.8, 4) is 0 Å². The van der Waals surface area contributed by atoms with Crippen LogP contribution in [0.2, 0.25) is 0 Å². The molecular weight excluding hydrogens is 416 g/mol. The first kappa shape index (κ1) is 20.8. The number of nitro benzene ring substituents is 1. The number of hydrogen-bond donors (Lipinski definition) is 0. The molecule has 2 amide bonds. The Hall–Kier alpha value is -4.06. The van der Waals surface area contributed by atoms with E-state index in [0.717, 1.165) is 11.1 Å². The summed E-state index contributed by atoms with van der Waals surface area (Å²) in [5.74, 6) is -1.70. The van der Waals surface area contributed by atoms with Gasteiger partial charge in [0.05, 0.1) is 21.9 Å². The molecule has 2 aliphatic rings. The summed E-state index contributed by atoms with van der Waals surface area (Å²) in [6.45, 7) is 1.88. The molecule has 33 heavy (non-hydrogen) atoms. The van der Waals surface area contributed by atoms with E-state index in [2.05, 4.69) is 0 Å². The topological polar surface area (TPSA) is 80.5 Å². The molecule has 0 saturated carbocycles. The zero-order valence-corrected chi connectivity index (χ0v) is 18.0. The summed E-state index contributed by atoms with van der Waals surface area (Å²) in [5, 5.41) is 11.1. The van der Waals surface area contributed by atoms with Crippen LogP contribution >= 0.6 is 0 Å². The third kappa shape index (κ3) is 3.18. The first-order chi connectivity index (χ1) is 15.9. The molecule has 1 aliphatic carbocycles. The van der Waals surface area contributed by atoms with Gasteiger partial charge in [-0.1, -0.05) is 72.8 Å². The molecule has 1 heterocycles. The molecule has 6 heteroatoms. The van der Waals surface area contributed by atoms with Gasteiger partial charge < -0.3 is 0 Å². The monoisotopic (exact) mass is 438 g/mol. The third-order valence-corrected chi connectivity index (χ3v) is 6.97. The second kappa shape index (κ2) is 7.81. The Balaban J connectivity index is 1.65. The zero-order chi connectivity index (χ0) is 23.2. The number of rotatable bonds is 4. The van der Waals surface area contributed by atoms with Crippen LogP contribution in [-0.2, 0) is 9.59 Å². The smallest absolute Gasteiger partial charge is 0.269 e. The van der Waals surface area contributed by atoms with E-state index < -0.39 is 16.3 Å². The number of nitro groups is 1. The number of carbonyl (C=O) groups excluding carboxylic acids is 2. The van der Waals surface area contributed by atoms with Gasteiger partial charge in [-0.25, -0.2) is 4.90 Å². The summed E-state index contributed by atoms with van der Waals surface area (Å²) >= 11 is 0. The highest BCUT2D eigenvalue weighted by molar-refractivity contribution is 6.24. The summed E-state index contributed by atoms with van der Waals surface area (Å²) in [6, 6.07) is 25.1. The molecule has 0 unspecified atom stereocenters. The molecule has 1 fully saturated rings. The van der Waals surface area contributed by atoms with E-state index in [4.69, 9.17) is 0 Å². The van der Waals surface area contributed by atoms with Crippen LogP contribution in [0.15, 0.2) is 97.1 Å². The van der Waals surface area contributed by atoms with Gasteiger partial charge in [0.25, 0.3) is 5.69 Å². The minimum absolute atomic E-state index is 0.0903. The lowest BCUT2D eigenvalue weighted by Gasteiger charge is -2.41. The van der Waals surface area contributed by atoms with Crippen LogP contribution in [0, 0.1) is 21.4 Å². The van der Waals surface area contributed by atoms with Crippen molar-refractivity contribution in [1.29, 1.82) is 0 Å². The van der Waals surface area contributed by atoms with Crippen molar-refractivity contribution in [2.75, 3.05) is 4.90 Å². The van der Waals surface area contributed by atoms with E-state index in [1.54, 1.807) is 0 Å². The van der Waals surface area contributed by atoms with E-state index in [9.17, 15) is 19.7 Å². The predicted octanol–water partition coefficient (Wildman–Crippen LogP) is 5.23. The number of non-ortho nitro benzene ring substituents is 1. The number of benzene rings is 3. The molecule has 0 N–H and O–H groups in total. The minimum atomic E-state index is -1.00. The molecule has 3 aromatic carbocycles. The van der Waals surface area contributed by atoms with Gasteiger partial charge in [0.1, 0.15) is 0 Å². The van der Waals surface area contributed by atoms with E-state index in [0.29, 0.717) is 5.69 Å². The van der Waals surface area contributed by atoms with Gasteiger partial charge in [-0.15, -0.1) is 0 Å². The summed E-state index contributed by atoms with van der Waals surface area (Å²) in [4.78, 5) is 39.6. The molecule has 4 atom stereocenters. The Morgan fingerprint density at radius 3 is 1.97 bits per heavy atom. The van der Waals surface area contributed by atoms with Crippen LogP contribution in [0.3, 0.4) is 0 Å². The Bertz CT molecular complexity index is 1250. The van der Waals surface area contributed by atoms with Gasteiger partial charge in [-0.05, 0) is 30.2 Å². The van der Waals surface area contributed by atoms with Gasteiger partial charge in [-0.3, -0.25) is 19.7 Å². The van der Waals surface area contributed by atoms with Crippen LogP contribution < -0.4 is 4.90 Å². The predicted molar refractivity (Wildman–Crippen MR) is 125 cm³/mol. The summed E-state index contributed by atoms with van der Waals surface area (Å²) < 4.78 is 0. The Labute approximate surface area is 191 Å². The number of anilines is 1. The van der Waals surface area contributed by atoms with Gasteiger partial charge >= 0.3 is 0 Å². The van der Waals surface area contributed by atoms with Crippen LogP contribution in [-0.4, -0.2) is 16.7 Å². The first-order valence-electron chi connectivity index (χ1n) is 10.8. The standard InChI is InChI=1S/C27H22N2O4/c1-27-23(19-10-6-3-7-11-19)17-16-22(18-8-4-2-5-9-18)24(27)25(30)28(26(27)31)20-12-14-21(15-13-20)29(32)33/h2-17,22-24H,1H3/t22-,23+,24+,27-/m1/s1. The van der Waals surface area contributed by atoms with E-state index >= 15 is 0 Å². The molecule has 5 rings (SSSR count). The fourth-order valence-corrected chi connectivity index (χ4v) is 5.33. The SMILES string of the molecule is C[C@]12C(=O)N(c3ccc([N+](=O)[O-])cc3)C(=O)[C@@H]1[C@@H](c1ccccc1)C=C[C@H]2c1ccccc1. The second-order valence-electron chi connectivity index (χ2n) is 8.72. The largest absolute Gasteiger partial charge is 0.274 e. The number of nitrogens with zero attached hydrogens (tertiary/aromatic N) is 2. The van der Waals surface area contributed by atoms with E-state index in [-0.39, 0.29) is 29.3 Å². The van der Waals surface area contributed by atoms with Gasteiger partial charge in [0, 0.05) is 24.0 Å². The average Bonchev–Trinajstić information content (AvgIpc) is 3.05. The van der Waals surface area contributed by atoms with Crippen molar-refractivity contribution >= 4 is 23.2 Å². The summed E-state index contributed by atoms with van der Waals surface area (Å²) in [5.41, 5.74) is 1.20. The molecule has 0 radical (unpaired) electrons. The van der Waals surface area contributed by atoms with Crippen molar-refractivity contribution in [3.63, 3.8) is 0 Å². The highest BCUT2D eigenvalue weighted by atomic mass is 16.6. The molecule has 0 spiro atoms. The van der Waals surface area contributed by atoms with E-state index in [1.807, 2.05) is 79.7 Å². The fraction of sp³-hybridized carbons (Fsp3) is 0.185. The number of amides is 2. The lowest BCUT2D eigenvalue weighted by atomic mass is 9.58. The average molecular weight is 438 g/mol. The zero-order valence-electron chi connectivity index (χ0n) is 18.0. The van der Waals surface area contributed by atoms with Gasteiger partial charge in [0.2, 0.25) is 11.8 Å². The summed E-state index contributed by atoms with van der Waals surface area (Å²) in [7, 11) is 0. The Kier molecular flexibility index (Phi) is 4.93. The molecule has 1 aliphatic heterocycles. The number of fused-ring (bicyclic) bond motifs is 1. The molecule has 0 aromatic heterocycles. The maximum atomic E-state index is 14.0. The van der Waals surface area contributed by atoms with Crippen LogP contribution in [0.1, 0.15) is 29.9 Å². The number of hydrogen-bond acceptors (Lipinski definition) is 4. The van der Waals surface area contributed by atoms with Crippen molar-refractivity contribution in [2.45, 2.75) is 18.8 Å². The van der Waals surface area contributed by atoms with Gasteiger partial charge in [0.15, 0.2) is 0 Å². The van der Waals surface area contributed by atoms with Gasteiger partial charge in [-0.2, -0.15) is 0 Å². The van der Waals surface area contributed by atoms with Crippen molar-refractivity contribution in [2.24, 2.45) is 11.3 Å².